The van der Waals surface area contributed by atoms with Crippen LogP contribution in [0.4, 0.5) is 27.5 Å². The summed E-state index contributed by atoms with van der Waals surface area (Å²) < 4.78 is 133. The van der Waals surface area contributed by atoms with Crippen molar-refractivity contribution in [2.45, 2.75) is 33.4 Å². The van der Waals surface area contributed by atoms with E-state index in [1.54, 1.807) is 0 Å². The van der Waals surface area contributed by atoms with Crippen LogP contribution >= 0.6 is 0 Å². The molecular weight excluding hydrogens is 993 g/mol. The van der Waals surface area contributed by atoms with Crippen molar-refractivity contribution in [1.82, 2.24) is 10.6 Å². The fourth-order valence-corrected chi connectivity index (χ4v) is 8.50. The van der Waals surface area contributed by atoms with Crippen molar-refractivity contribution in [2.75, 3.05) is 10.6 Å². The molecule has 0 atom stereocenters. The minimum absolute atomic E-state index is 0. The van der Waals surface area contributed by atoms with E-state index in [1.165, 1.54) is 50.2 Å². The van der Waals surface area contributed by atoms with Gasteiger partial charge in [-0.3, -0.25) is 38.4 Å². The molecule has 0 aromatic heterocycles. The summed E-state index contributed by atoms with van der Waals surface area (Å²) in [6.45, 7) is 2.93. The molecule has 332 valence electrons. The molecule has 0 unspecified atom stereocenters. The SMILES string of the molecule is Cc1cc(Nc2cc(S(=O)(=O)O)cc3cc(S(=O)(=O)O)cc(O)c23)ccc1C(=O)NC(=O)NC(=O)c1ccc(Nc2cc(S(=O)(=O)O)cc3cc(S(=O)(=O)O)cc(O)c23)cc1C.[H-].[H-].[H-].[H-].[Na+].[Na+].[Na+].[Na+]. The van der Waals surface area contributed by atoms with E-state index in [1.807, 2.05) is 10.6 Å². The third-order valence-electron chi connectivity index (χ3n) is 9.10. The molecule has 0 saturated carbocycles. The summed E-state index contributed by atoms with van der Waals surface area (Å²) in [5.74, 6) is -3.29. The van der Waals surface area contributed by atoms with Gasteiger partial charge in [-0.25, -0.2) is 4.79 Å². The van der Waals surface area contributed by atoms with Crippen LogP contribution in [0.1, 0.15) is 37.5 Å². The summed E-state index contributed by atoms with van der Waals surface area (Å²) in [5.41, 5.74) is 0.434. The Hall–Kier alpha value is -2.71. The zero-order chi connectivity index (χ0) is 45.9. The summed E-state index contributed by atoms with van der Waals surface area (Å²) in [5, 5.41) is 30.3. The third kappa shape index (κ3) is 13.7. The van der Waals surface area contributed by atoms with Crippen LogP contribution in [0.3, 0.4) is 0 Å². The van der Waals surface area contributed by atoms with E-state index in [0.717, 1.165) is 48.5 Å². The zero-order valence-electron chi connectivity index (χ0n) is 39.4. The van der Waals surface area contributed by atoms with Gasteiger partial charge in [0, 0.05) is 45.4 Å². The number of amides is 4. The minimum atomic E-state index is -4.87. The Bertz CT molecular complexity index is 3220. The first-order valence-electron chi connectivity index (χ1n) is 17.0. The minimum Gasteiger partial charge on any atom is -1.00 e. The smallest absolute Gasteiger partial charge is 1.00 e. The number of benzene rings is 6. The maximum atomic E-state index is 13.1. The second-order valence-corrected chi connectivity index (χ2v) is 19.2. The number of carbonyl (C=O) groups excluding carboxylic acids is 3. The molecule has 0 saturated heterocycles. The molecule has 66 heavy (non-hydrogen) atoms. The van der Waals surface area contributed by atoms with Gasteiger partial charge in [-0.15, -0.1) is 0 Å². The predicted molar refractivity (Wildman–Crippen MR) is 224 cm³/mol. The van der Waals surface area contributed by atoms with E-state index in [2.05, 4.69) is 10.6 Å². The van der Waals surface area contributed by atoms with Crippen LogP contribution in [0.15, 0.2) is 105 Å². The van der Waals surface area contributed by atoms with E-state index in [-0.39, 0.29) is 190 Å². The number of rotatable bonds is 10. The van der Waals surface area contributed by atoms with E-state index in [9.17, 15) is 76.5 Å². The Labute approximate surface area is 470 Å². The van der Waals surface area contributed by atoms with Crippen LogP contribution < -0.4 is 139 Å². The van der Waals surface area contributed by atoms with Gasteiger partial charge in [0.25, 0.3) is 52.3 Å². The number of aromatic hydroxyl groups is 2. The Morgan fingerprint density at radius 2 is 0.742 bits per heavy atom. The maximum Gasteiger partial charge on any atom is 1.00 e. The fraction of sp³-hybridized carbons (Fsp3) is 0.0541. The van der Waals surface area contributed by atoms with Crippen molar-refractivity contribution in [1.29, 1.82) is 0 Å². The zero-order valence-corrected chi connectivity index (χ0v) is 46.7. The molecule has 0 spiro atoms. The first kappa shape index (κ1) is 59.4. The number of phenolic OH excluding ortho intramolecular Hbond substituents is 2. The number of imide groups is 2. The number of hydrogen-bond donors (Lipinski definition) is 10. The van der Waals surface area contributed by atoms with Crippen molar-refractivity contribution in [3.63, 3.8) is 0 Å². The number of phenols is 2. The van der Waals surface area contributed by atoms with Crippen LogP contribution in [-0.4, -0.2) is 79.9 Å². The number of hydrogen-bond acceptors (Lipinski definition) is 15. The van der Waals surface area contributed by atoms with Gasteiger partial charge in [0.1, 0.15) is 11.5 Å². The maximum absolute atomic E-state index is 13.1. The van der Waals surface area contributed by atoms with Gasteiger partial charge in [0.15, 0.2) is 0 Å². The van der Waals surface area contributed by atoms with Crippen molar-refractivity contribution >= 4 is 103 Å². The third-order valence-corrected chi connectivity index (χ3v) is 12.4. The van der Waals surface area contributed by atoms with Crippen molar-refractivity contribution in [2.24, 2.45) is 0 Å². The van der Waals surface area contributed by atoms with Crippen molar-refractivity contribution < 1.29 is 200 Å². The molecule has 4 amide bonds. The average molecular weight is 1030 g/mol. The van der Waals surface area contributed by atoms with Gasteiger partial charge in [0.2, 0.25) is 0 Å². The predicted octanol–water partition coefficient (Wildman–Crippen LogP) is -6.76. The fourth-order valence-electron chi connectivity index (χ4n) is 6.35. The normalized spacial score (nSPS) is 11.5. The van der Waals surface area contributed by atoms with E-state index >= 15 is 0 Å². The summed E-state index contributed by atoms with van der Waals surface area (Å²) in [7, 11) is -19.4. The Kier molecular flexibility index (Phi) is 20.1. The van der Waals surface area contributed by atoms with Crippen molar-refractivity contribution in [3.8, 4) is 11.5 Å². The second kappa shape index (κ2) is 22.4. The molecule has 0 radical (unpaired) electrons. The van der Waals surface area contributed by atoms with Gasteiger partial charge < -0.3 is 26.6 Å². The standard InChI is InChI=1S/C37H30N4O17S4.4Na.4H/c1-17-7-21(38-29-13-23(59(47,48)49)9-19-11-25(61(53,54)55)15-31(42)33(19)29)3-5-27(17)35(44)40-37(46)41-36(45)28-6-4-22(8-18(28)2)39-30-14-24(60(50,51)52)10-20-12-26(62(56,57)58)16-32(43)34(20)30;;;;;;;;/h3-16,38-39,42-43H,1-2H3,(H,47,48,49)(H,50,51,52)(H,53,54,55)(H,56,57,58)(H2,40,41,44,45,46);;;;;;;;/q;4*+1;4*-1. The topological polar surface area (TPSA) is 357 Å². The Morgan fingerprint density at radius 1 is 0.455 bits per heavy atom. The van der Waals surface area contributed by atoms with Crippen LogP contribution in [0.25, 0.3) is 21.5 Å². The largest absolute Gasteiger partial charge is 1.00 e. The van der Waals surface area contributed by atoms with E-state index in [0.29, 0.717) is 0 Å². The Morgan fingerprint density at radius 3 is 1.02 bits per heavy atom. The van der Waals surface area contributed by atoms with E-state index < -0.39 is 89.4 Å². The number of fused-ring (bicyclic) bond motifs is 2. The molecule has 0 aliphatic heterocycles. The molecular formula is C37H34N4Na4O17S4. The molecule has 6 rings (SSSR count). The monoisotopic (exact) mass is 1030 g/mol. The number of urea groups is 1. The van der Waals surface area contributed by atoms with Gasteiger partial charge >= 0.3 is 124 Å². The quantitative estimate of drug-likeness (QED) is 0.0450. The van der Waals surface area contributed by atoms with Gasteiger partial charge in [-0.2, -0.15) is 33.7 Å². The molecule has 0 aliphatic rings. The molecule has 10 N–H and O–H groups in total. The summed E-state index contributed by atoms with van der Waals surface area (Å²) >= 11 is 0. The van der Waals surface area contributed by atoms with Crippen LogP contribution in [0.5, 0.6) is 11.5 Å². The molecule has 6 aromatic carbocycles. The molecule has 0 aliphatic carbocycles. The summed E-state index contributed by atoms with van der Waals surface area (Å²) in [6.07, 6.45) is 0. The van der Waals surface area contributed by atoms with Crippen LogP contribution in [0, 0.1) is 13.8 Å². The van der Waals surface area contributed by atoms with Gasteiger partial charge in [-0.1, -0.05) is 0 Å². The molecule has 0 bridgehead atoms. The summed E-state index contributed by atoms with van der Waals surface area (Å²) in [6, 6.07) is 13.5. The average Bonchev–Trinajstić information content (AvgIpc) is 3.12. The van der Waals surface area contributed by atoms with E-state index in [4.69, 9.17) is 0 Å². The number of aryl methyl sites for hydroxylation is 2. The second-order valence-electron chi connectivity index (χ2n) is 13.5. The number of carbonyl (C=O) groups is 3. The molecule has 29 heteroatoms. The molecule has 21 nitrogen and oxygen atoms in total. The molecule has 6 aromatic rings. The number of anilines is 4. The van der Waals surface area contributed by atoms with Crippen LogP contribution in [0.2, 0.25) is 0 Å². The van der Waals surface area contributed by atoms with Gasteiger partial charge in [-0.05, 0) is 109 Å². The summed E-state index contributed by atoms with van der Waals surface area (Å²) in [4.78, 5) is 36.0. The van der Waals surface area contributed by atoms with Gasteiger partial charge in [0.05, 0.1) is 31.0 Å². The number of nitrogens with one attached hydrogen (secondary N) is 4. The first-order valence-corrected chi connectivity index (χ1v) is 22.8. The first-order chi connectivity index (χ1) is 28.6. The van der Waals surface area contributed by atoms with Crippen LogP contribution in [-0.2, 0) is 40.5 Å². The Balaban J connectivity index is -0.00000561. The molecule has 0 heterocycles. The van der Waals surface area contributed by atoms with Crippen molar-refractivity contribution in [3.05, 3.63) is 107 Å². The molecule has 0 fully saturated rings.